The van der Waals surface area contributed by atoms with Gasteiger partial charge in [-0.1, -0.05) is 25.4 Å². The third-order valence-electron chi connectivity index (χ3n) is 2.78. The van der Waals surface area contributed by atoms with Crippen LogP contribution in [0.1, 0.15) is 30.6 Å². The van der Waals surface area contributed by atoms with E-state index in [0.29, 0.717) is 28.6 Å². The van der Waals surface area contributed by atoms with E-state index in [1.54, 1.807) is 12.1 Å². The van der Waals surface area contributed by atoms with Gasteiger partial charge in [-0.05, 0) is 30.5 Å². The molecule has 1 rings (SSSR count). The topological polar surface area (TPSA) is 84.2 Å². The van der Waals surface area contributed by atoms with Crippen molar-refractivity contribution in [2.75, 3.05) is 12.4 Å². The first kappa shape index (κ1) is 16.5. The first-order chi connectivity index (χ1) is 9.35. The van der Waals surface area contributed by atoms with Crippen molar-refractivity contribution in [2.45, 2.75) is 26.3 Å². The number of carbonyl (C=O) groups is 2. The zero-order valence-corrected chi connectivity index (χ0v) is 12.6. The molecule has 5 nitrogen and oxygen atoms in total. The summed E-state index contributed by atoms with van der Waals surface area (Å²) in [6.45, 7) is 3.98. The molecule has 0 heterocycles. The van der Waals surface area contributed by atoms with Crippen molar-refractivity contribution in [2.24, 2.45) is 11.7 Å². The summed E-state index contributed by atoms with van der Waals surface area (Å²) < 4.78 is 0. The van der Waals surface area contributed by atoms with Crippen LogP contribution in [0.5, 0.6) is 0 Å². The van der Waals surface area contributed by atoms with Gasteiger partial charge in [0.25, 0.3) is 5.91 Å². The summed E-state index contributed by atoms with van der Waals surface area (Å²) in [5.41, 5.74) is 6.61. The Labute approximate surface area is 123 Å². The van der Waals surface area contributed by atoms with Crippen molar-refractivity contribution < 1.29 is 9.59 Å². The highest BCUT2D eigenvalue weighted by Crippen LogP contribution is 2.23. The molecule has 0 fully saturated rings. The zero-order valence-electron chi connectivity index (χ0n) is 11.9. The van der Waals surface area contributed by atoms with Crippen LogP contribution in [0, 0.1) is 5.92 Å². The van der Waals surface area contributed by atoms with E-state index in [-0.39, 0.29) is 11.8 Å². The number of amides is 2. The maximum atomic E-state index is 12.0. The highest BCUT2D eigenvalue weighted by Gasteiger charge is 2.17. The van der Waals surface area contributed by atoms with Crippen LogP contribution in [0.2, 0.25) is 5.02 Å². The van der Waals surface area contributed by atoms with Crippen LogP contribution in [0.4, 0.5) is 5.69 Å². The lowest BCUT2D eigenvalue weighted by Gasteiger charge is -2.15. The number of rotatable bonds is 5. The molecule has 1 atom stereocenters. The molecule has 0 spiro atoms. The summed E-state index contributed by atoms with van der Waals surface area (Å²) in [6, 6.07) is 4.08. The quantitative estimate of drug-likeness (QED) is 0.777. The molecule has 0 saturated carbocycles. The smallest absolute Gasteiger partial charge is 0.251 e. The van der Waals surface area contributed by atoms with Gasteiger partial charge in [0, 0.05) is 12.6 Å². The Balaban J connectivity index is 2.86. The van der Waals surface area contributed by atoms with Gasteiger partial charge in [-0.2, -0.15) is 0 Å². The first-order valence-electron chi connectivity index (χ1n) is 6.43. The molecule has 2 amide bonds. The molecule has 6 heteroatoms. The summed E-state index contributed by atoms with van der Waals surface area (Å²) in [5, 5.41) is 5.53. The van der Waals surface area contributed by atoms with Crippen molar-refractivity contribution in [3.05, 3.63) is 28.8 Å². The van der Waals surface area contributed by atoms with E-state index in [9.17, 15) is 9.59 Å². The first-order valence-corrected chi connectivity index (χ1v) is 6.81. The molecule has 0 aliphatic rings. The van der Waals surface area contributed by atoms with Gasteiger partial charge in [-0.25, -0.2) is 0 Å². The molecule has 20 heavy (non-hydrogen) atoms. The number of nitrogens with one attached hydrogen (secondary N) is 2. The van der Waals surface area contributed by atoms with Gasteiger partial charge in [-0.3, -0.25) is 9.59 Å². The predicted octanol–water partition coefficient (Wildman–Crippen LogP) is 2.01. The number of anilines is 1. The molecular formula is C14H20ClN3O2. The van der Waals surface area contributed by atoms with Crippen molar-refractivity contribution >= 4 is 29.1 Å². The van der Waals surface area contributed by atoms with Crippen LogP contribution in [-0.4, -0.2) is 24.9 Å². The second-order valence-corrected chi connectivity index (χ2v) is 5.41. The molecule has 110 valence electrons. The van der Waals surface area contributed by atoms with E-state index in [0.717, 1.165) is 0 Å². The summed E-state index contributed by atoms with van der Waals surface area (Å²) in [6.07, 6.45) is 0.582. The molecule has 4 N–H and O–H groups in total. The van der Waals surface area contributed by atoms with Crippen LogP contribution in [-0.2, 0) is 4.79 Å². The Bertz CT molecular complexity index is 503. The molecule has 0 aromatic heterocycles. The fourth-order valence-corrected chi connectivity index (χ4v) is 1.91. The van der Waals surface area contributed by atoms with Crippen molar-refractivity contribution in [3.63, 3.8) is 0 Å². The second kappa shape index (κ2) is 7.26. The number of carbonyl (C=O) groups excluding carboxylic acids is 2. The van der Waals surface area contributed by atoms with Crippen LogP contribution < -0.4 is 16.4 Å². The lowest BCUT2D eigenvalue weighted by molar-refractivity contribution is -0.117. The standard InChI is InChI=1S/C14H20ClN3O2/c1-8(2)6-11(16)14(20)18-12-7-9(13(19)17-3)4-5-10(12)15/h4-5,7-8,11H,6,16H2,1-3H3,(H,17,19)(H,18,20)/t11-/m0/s1. The molecule has 1 aromatic carbocycles. The van der Waals surface area contributed by atoms with Crippen molar-refractivity contribution in [1.82, 2.24) is 5.32 Å². The SMILES string of the molecule is CNC(=O)c1ccc(Cl)c(NC(=O)[C@@H](N)CC(C)C)c1. The highest BCUT2D eigenvalue weighted by molar-refractivity contribution is 6.34. The molecule has 0 saturated heterocycles. The monoisotopic (exact) mass is 297 g/mol. The van der Waals surface area contributed by atoms with E-state index in [1.165, 1.54) is 13.1 Å². The van der Waals surface area contributed by atoms with Gasteiger partial charge in [0.15, 0.2) is 0 Å². The zero-order chi connectivity index (χ0) is 15.3. The second-order valence-electron chi connectivity index (χ2n) is 5.00. The van der Waals surface area contributed by atoms with Gasteiger partial charge in [0.1, 0.15) is 0 Å². The molecule has 0 unspecified atom stereocenters. The average molecular weight is 298 g/mol. The summed E-state index contributed by atoms with van der Waals surface area (Å²) >= 11 is 6.01. The largest absolute Gasteiger partial charge is 0.355 e. The maximum absolute atomic E-state index is 12.0. The predicted molar refractivity (Wildman–Crippen MR) is 80.9 cm³/mol. The Morgan fingerprint density at radius 2 is 2.00 bits per heavy atom. The van der Waals surface area contributed by atoms with Gasteiger partial charge in [-0.15, -0.1) is 0 Å². The Morgan fingerprint density at radius 3 is 2.55 bits per heavy atom. The molecule has 1 aromatic rings. The van der Waals surface area contributed by atoms with Crippen molar-refractivity contribution in [3.8, 4) is 0 Å². The van der Waals surface area contributed by atoms with E-state index in [2.05, 4.69) is 10.6 Å². The Kier molecular flexibility index (Phi) is 5.98. The number of halogens is 1. The minimum atomic E-state index is -0.602. The van der Waals surface area contributed by atoms with Crippen LogP contribution >= 0.6 is 11.6 Å². The lowest BCUT2D eigenvalue weighted by Crippen LogP contribution is -2.36. The lowest BCUT2D eigenvalue weighted by atomic mass is 10.0. The number of hydrogen-bond donors (Lipinski definition) is 3. The van der Waals surface area contributed by atoms with E-state index in [4.69, 9.17) is 17.3 Å². The van der Waals surface area contributed by atoms with Crippen LogP contribution in [0.3, 0.4) is 0 Å². The van der Waals surface area contributed by atoms with Gasteiger partial charge >= 0.3 is 0 Å². The number of hydrogen-bond acceptors (Lipinski definition) is 3. The van der Waals surface area contributed by atoms with E-state index < -0.39 is 6.04 Å². The molecule has 0 bridgehead atoms. The molecule has 0 radical (unpaired) electrons. The molecule has 0 aliphatic carbocycles. The minimum absolute atomic E-state index is 0.247. The number of nitrogens with two attached hydrogens (primary N) is 1. The summed E-state index contributed by atoms with van der Waals surface area (Å²) in [4.78, 5) is 23.5. The third-order valence-corrected chi connectivity index (χ3v) is 3.11. The minimum Gasteiger partial charge on any atom is -0.355 e. The van der Waals surface area contributed by atoms with E-state index >= 15 is 0 Å². The Hall–Kier alpha value is -1.59. The normalized spacial score (nSPS) is 12.1. The fraction of sp³-hybridized carbons (Fsp3) is 0.429. The van der Waals surface area contributed by atoms with Crippen LogP contribution in [0.15, 0.2) is 18.2 Å². The van der Waals surface area contributed by atoms with Crippen LogP contribution in [0.25, 0.3) is 0 Å². The summed E-state index contributed by atoms with van der Waals surface area (Å²) in [5.74, 6) is -0.235. The maximum Gasteiger partial charge on any atom is 0.251 e. The Morgan fingerprint density at radius 1 is 1.35 bits per heavy atom. The van der Waals surface area contributed by atoms with Gasteiger partial charge < -0.3 is 16.4 Å². The third kappa shape index (κ3) is 4.51. The van der Waals surface area contributed by atoms with Gasteiger partial charge in [0.2, 0.25) is 5.91 Å². The molecular weight excluding hydrogens is 278 g/mol. The summed E-state index contributed by atoms with van der Waals surface area (Å²) in [7, 11) is 1.54. The molecule has 0 aliphatic heterocycles. The van der Waals surface area contributed by atoms with Crippen molar-refractivity contribution in [1.29, 1.82) is 0 Å². The number of benzene rings is 1. The fourth-order valence-electron chi connectivity index (χ4n) is 1.75. The highest BCUT2D eigenvalue weighted by atomic mass is 35.5. The van der Waals surface area contributed by atoms with E-state index in [1.807, 2.05) is 13.8 Å². The van der Waals surface area contributed by atoms with Gasteiger partial charge in [0.05, 0.1) is 16.8 Å². The average Bonchev–Trinajstić information content (AvgIpc) is 2.39.